The lowest BCUT2D eigenvalue weighted by Crippen LogP contribution is -2.31. The van der Waals surface area contributed by atoms with Crippen LogP contribution in [-0.2, 0) is 21.4 Å². The average Bonchev–Trinajstić information content (AvgIpc) is 3.05. The molecule has 0 unspecified atom stereocenters. The number of hydrogen-bond donors (Lipinski definition) is 2. The molecule has 0 aliphatic heterocycles. The number of benzene rings is 1. The summed E-state index contributed by atoms with van der Waals surface area (Å²) in [5.41, 5.74) is 0. The number of carbonyl (C=O) groups is 1. The third-order valence-corrected chi connectivity index (χ3v) is 5.22. The van der Waals surface area contributed by atoms with E-state index in [9.17, 15) is 13.2 Å². The highest BCUT2D eigenvalue weighted by molar-refractivity contribution is 9.10. The van der Waals surface area contributed by atoms with Crippen molar-refractivity contribution in [3.63, 3.8) is 0 Å². The first-order chi connectivity index (χ1) is 11.5. The van der Waals surface area contributed by atoms with Gasteiger partial charge in [0.1, 0.15) is 0 Å². The minimum atomic E-state index is -3.59. The van der Waals surface area contributed by atoms with E-state index in [0.29, 0.717) is 6.54 Å². The normalized spacial score (nSPS) is 11.4. The van der Waals surface area contributed by atoms with Gasteiger partial charge in [-0.05, 0) is 36.8 Å². The van der Waals surface area contributed by atoms with Crippen LogP contribution in [0.4, 0.5) is 0 Å². The third-order valence-electron chi connectivity index (χ3n) is 3.21. The summed E-state index contributed by atoms with van der Waals surface area (Å²) in [5, 5.41) is 6.83. The standard InChI is InChI=1S/C15H19BrN4O3S/c16-13-3-5-14(6-4-13)24(22,23)19-10-7-15(21)17-8-1-11-20-12-2-9-18-20/h2-6,9,12,19H,1,7-8,10-11H2,(H,17,21). The summed E-state index contributed by atoms with van der Waals surface area (Å²) in [4.78, 5) is 11.9. The quantitative estimate of drug-likeness (QED) is 0.608. The van der Waals surface area contributed by atoms with Crippen molar-refractivity contribution in [3.05, 3.63) is 47.2 Å². The molecule has 1 aromatic carbocycles. The predicted octanol–water partition coefficient (Wildman–Crippen LogP) is 1.52. The fraction of sp³-hybridized carbons (Fsp3) is 0.333. The van der Waals surface area contributed by atoms with Gasteiger partial charge in [-0.1, -0.05) is 15.9 Å². The number of nitrogens with one attached hydrogen (secondary N) is 2. The zero-order valence-electron chi connectivity index (χ0n) is 13.0. The van der Waals surface area contributed by atoms with Crippen LogP contribution < -0.4 is 10.0 Å². The monoisotopic (exact) mass is 414 g/mol. The van der Waals surface area contributed by atoms with Crippen molar-refractivity contribution < 1.29 is 13.2 Å². The van der Waals surface area contributed by atoms with Gasteiger partial charge in [0.05, 0.1) is 4.90 Å². The van der Waals surface area contributed by atoms with E-state index in [-0.39, 0.29) is 23.8 Å². The molecule has 0 bridgehead atoms. The number of aromatic nitrogens is 2. The van der Waals surface area contributed by atoms with E-state index in [2.05, 4.69) is 31.1 Å². The van der Waals surface area contributed by atoms with Gasteiger partial charge >= 0.3 is 0 Å². The van der Waals surface area contributed by atoms with Gasteiger partial charge in [0.15, 0.2) is 0 Å². The summed E-state index contributed by atoms with van der Waals surface area (Å²) in [6.07, 6.45) is 4.42. The Morgan fingerprint density at radius 1 is 1.21 bits per heavy atom. The minimum absolute atomic E-state index is 0.0589. The fourth-order valence-electron chi connectivity index (χ4n) is 1.99. The number of nitrogens with zero attached hydrogens (tertiary/aromatic N) is 2. The van der Waals surface area contributed by atoms with Crippen LogP contribution in [0.2, 0.25) is 0 Å². The minimum Gasteiger partial charge on any atom is -0.356 e. The molecule has 0 saturated carbocycles. The summed E-state index contributed by atoms with van der Waals surface area (Å²) < 4.78 is 29.1. The second-order valence-electron chi connectivity index (χ2n) is 5.07. The van der Waals surface area contributed by atoms with Gasteiger partial charge < -0.3 is 5.32 Å². The lowest BCUT2D eigenvalue weighted by atomic mass is 10.3. The van der Waals surface area contributed by atoms with Crippen LogP contribution in [0.15, 0.2) is 52.1 Å². The van der Waals surface area contributed by atoms with Crippen molar-refractivity contribution in [2.75, 3.05) is 13.1 Å². The molecule has 130 valence electrons. The Morgan fingerprint density at radius 2 is 1.96 bits per heavy atom. The van der Waals surface area contributed by atoms with Crippen LogP contribution in [0.5, 0.6) is 0 Å². The molecule has 1 heterocycles. The Hall–Kier alpha value is -1.71. The van der Waals surface area contributed by atoms with Crippen LogP contribution in [0, 0.1) is 0 Å². The second-order valence-corrected chi connectivity index (χ2v) is 7.76. The summed E-state index contributed by atoms with van der Waals surface area (Å²) >= 11 is 3.25. The van der Waals surface area contributed by atoms with Crippen molar-refractivity contribution in [3.8, 4) is 0 Å². The van der Waals surface area contributed by atoms with Crippen molar-refractivity contribution >= 4 is 31.9 Å². The maximum atomic E-state index is 12.0. The number of rotatable bonds is 9. The predicted molar refractivity (Wildman–Crippen MR) is 93.8 cm³/mol. The highest BCUT2D eigenvalue weighted by Crippen LogP contribution is 2.14. The highest BCUT2D eigenvalue weighted by atomic mass is 79.9. The SMILES string of the molecule is O=C(CCNS(=O)(=O)c1ccc(Br)cc1)NCCCn1cccn1. The second kappa shape index (κ2) is 8.95. The van der Waals surface area contributed by atoms with E-state index >= 15 is 0 Å². The van der Waals surface area contributed by atoms with Gasteiger partial charge in [0.25, 0.3) is 0 Å². The molecule has 0 fully saturated rings. The van der Waals surface area contributed by atoms with E-state index in [1.165, 1.54) is 12.1 Å². The Kier molecular flexibility index (Phi) is 6.95. The van der Waals surface area contributed by atoms with Crippen molar-refractivity contribution in [1.29, 1.82) is 0 Å². The van der Waals surface area contributed by atoms with Gasteiger partial charge in [-0.25, -0.2) is 13.1 Å². The summed E-state index contributed by atoms with van der Waals surface area (Å²) in [5.74, 6) is -0.186. The molecular formula is C15H19BrN4O3S. The first-order valence-corrected chi connectivity index (χ1v) is 9.74. The number of halogens is 1. The molecule has 24 heavy (non-hydrogen) atoms. The molecule has 0 aliphatic carbocycles. The van der Waals surface area contributed by atoms with Gasteiger partial charge in [-0.3, -0.25) is 9.48 Å². The Bertz CT molecular complexity index is 746. The number of hydrogen-bond acceptors (Lipinski definition) is 4. The zero-order chi connectivity index (χ0) is 17.4. The highest BCUT2D eigenvalue weighted by Gasteiger charge is 2.13. The lowest BCUT2D eigenvalue weighted by molar-refractivity contribution is -0.120. The van der Waals surface area contributed by atoms with Crippen LogP contribution in [0.25, 0.3) is 0 Å². The molecule has 0 saturated heterocycles. The van der Waals surface area contributed by atoms with Gasteiger partial charge in [0, 0.05) is 42.9 Å². The molecule has 1 aromatic heterocycles. The van der Waals surface area contributed by atoms with Gasteiger partial charge in [0.2, 0.25) is 15.9 Å². The first kappa shape index (κ1) is 18.6. The molecule has 1 amide bonds. The van der Waals surface area contributed by atoms with E-state index in [1.54, 1.807) is 23.0 Å². The summed E-state index contributed by atoms with van der Waals surface area (Å²) in [6, 6.07) is 8.15. The molecule has 7 nitrogen and oxygen atoms in total. The Balaban J connectivity index is 1.65. The lowest BCUT2D eigenvalue weighted by Gasteiger charge is -2.08. The van der Waals surface area contributed by atoms with Crippen LogP contribution in [0.1, 0.15) is 12.8 Å². The first-order valence-electron chi connectivity index (χ1n) is 7.47. The molecule has 2 N–H and O–H groups in total. The maximum Gasteiger partial charge on any atom is 0.240 e. The Morgan fingerprint density at radius 3 is 2.62 bits per heavy atom. The third kappa shape index (κ3) is 6.06. The topological polar surface area (TPSA) is 93.1 Å². The molecule has 2 aromatic rings. The smallest absolute Gasteiger partial charge is 0.240 e. The van der Waals surface area contributed by atoms with Crippen molar-refractivity contribution in [2.24, 2.45) is 0 Å². The molecule has 2 rings (SSSR count). The molecule has 0 atom stereocenters. The number of amides is 1. The Labute approximate surface area is 149 Å². The van der Waals surface area contributed by atoms with Crippen LogP contribution >= 0.6 is 15.9 Å². The van der Waals surface area contributed by atoms with Crippen LogP contribution in [0.3, 0.4) is 0 Å². The molecule has 0 radical (unpaired) electrons. The molecule has 0 aliphatic rings. The maximum absolute atomic E-state index is 12.0. The average molecular weight is 415 g/mol. The summed E-state index contributed by atoms with van der Waals surface area (Å²) in [7, 11) is -3.59. The van der Waals surface area contributed by atoms with Crippen molar-refractivity contribution in [1.82, 2.24) is 19.8 Å². The number of aryl methyl sites for hydroxylation is 1. The number of sulfonamides is 1. The fourth-order valence-corrected chi connectivity index (χ4v) is 3.28. The van der Waals surface area contributed by atoms with E-state index in [4.69, 9.17) is 0 Å². The van der Waals surface area contributed by atoms with E-state index < -0.39 is 10.0 Å². The zero-order valence-corrected chi connectivity index (χ0v) is 15.4. The van der Waals surface area contributed by atoms with E-state index in [1.807, 2.05) is 12.3 Å². The van der Waals surface area contributed by atoms with Gasteiger partial charge in [-0.15, -0.1) is 0 Å². The summed E-state index contributed by atoms with van der Waals surface area (Å²) in [6.45, 7) is 1.31. The molecule has 0 spiro atoms. The molecule has 9 heteroatoms. The largest absolute Gasteiger partial charge is 0.356 e. The van der Waals surface area contributed by atoms with Crippen LogP contribution in [-0.4, -0.2) is 37.2 Å². The van der Waals surface area contributed by atoms with Crippen molar-refractivity contribution in [2.45, 2.75) is 24.3 Å². The van der Waals surface area contributed by atoms with Gasteiger partial charge in [-0.2, -0.15) is 5.10 Å². The molecular weight excluding hydrogens is 396 g/mol. The van der Waals surface area contributed by atoms with E-state index in [0.717, 1.165) is 17.4 Å². The number of carbonyl (C=O) groups excluding carboxylic acids is 1.